The number of nitrogens with zero attached hydrogens (tertiary/aromatic N) is 1. The van der Waals surface area contributed by atoms with Crippen LogP contribution in [0.25, 0.3) is 0 Å². The number of sulfone groups is 1. The molecule has 2 unspecified atom stereocenters. The fourth-order valence-electron chi connectivity index (χ4n) is 3.04. The molecular weight excluding hydrogens is 262 g/mol. The Morgan fingerprint density at radius 1 is 1.32 bits per heavy atom. The van der Waals surface area contributed by atoms with Gasteiger partial charge in [-0.15, -0.1) is 0 Å². The number of carbonyl (C=O) groups is 1. The van der Waals surface area contributed by atoms with Crippen LogP contribution in [-0.2, 0) is 14.6 Å². The SMILES string of the molecule is CC1CN(C(=O)C2CCS(=O)(=O)C2)c2ccccc21. The molecule has 4 nitrogen and oxygen atoms in total. The lowest BCUT2D eigenvalue weighted by Gasteiger charge is -2.20. The summed E-state index contributed by atoms with van der Waals surface area (Å²) < 4.78 is 23.0. The van der Waals surface area contributed by atoms with E-state index in [1.54, 1.807) is 4.90 Å². The highest BCUT2D eigenvalue weighted by molar-refractivity contribution is 7.91. The number of hydrogen-bond acceptors (Lipinski definition) is 3. The van der Waals surface area contributed by atoms with E-state index >= 15 is 0 Å². The van der Waals surface area contributed by atoms with Gasteiger partial charge in [0.2, 0.25) is 5.91 Å². The molecule has 1 fully saturated rings. The lowest BCUT2D eigenvalue weighted by molar-refractivity contribution is -0.121. The highest BCUT2D eigenvalue weighted by Gasteiger charge is 2.38. The van der Waals surface area contributed by atoms with Crippen LogP contribution in [-0.4, -0.2) is 32.4 Å². The zero-order chi connectivity index (χ0) is 13.6. The molecule has 3 rings (SSSR count). The highest BCUT2D eigenvalue weighted by atomic mass is 32.2. The third-order valence-electron chi connectivity index (χ3n) is 4.06. The Morgan fingerprint density at radius 2 is 2.05 bits per heavy atom. The third-order valence-corrected chi connectivity index (χ3v) is 5.83. The summed E-state index contributed by atoms with van der Waals surface area (Å²) in [6.45, 7) is 2.76. The molecule has 1 saturated heterocycles. The van der Waals surface area contributed by atoms with Crippen molar-refractivity contribution in [3.05, 3.63) is 29.8 Å². The normalized spacial score (nSPS) is 28.4. The molecule has 1 aromatic rings. The van der Waals surface area contributed by atoms with Crippen molar-refractivity contribution >= 4 is 21.4 Å². The minimum atomic E-state index is -3.01. The molecule has 0 aliphatic carbocycles. The summed E-state index contributed by atoms with van der Waals surface area (Å²) in [6, 6.07) is 7.88. The van der Waals surface area contributed by atoms with Crippen molar-refractivity contribution < 1.29 is 13.2 Å². The van der Waals surface area contributed by atoms with Gasteiger partial charge in [-0.1, -0.05) is 25.1 Å². The van der Waals surface area contributed by atoms with Crippen LogP contribution in [0.1, 0.15) is 24.8 Å². The number of fused-ring (bicyclic) bond motifs is 1. The minimum absolute atomic E-state index is 0.0128. The van der Waals surface area contributed by atoms with Gasteiger partial charge in [0.05, 0.1) is 17.4 Å². The first kappa shape index (κ1) is 12.7. The van der Waals surface area contributed by atoms with Crippen LogP contribution in [0.2, 0.25) is 0 Å². The summed E-state index contributed by atoms with van der Waals surface area (Å²) in [5.41, 5.74) is 2.13. The Hall–Kier alpha value is -1.36. The van der Waals surface area contributed by atoms with Crippen molar-refractivity contribution in [2.75, 3.05) is 23.0 Å². The van der Waals surface area contributed by atoms with Crippen LogP contribution in [0.4, 0.5) is 5.69 Å². The molecule has 0 radical (unpaired) electrons. The van der Waals surface area contributed by atoms with Gasteiger partial charge in [-0.25, -0.2) is 8.42 Å². The Balaban J connectivity index is 1.87. The molecule has 2 aliphatic rings. The Kier molecular flexibility index (Phi) is 2.89. The molecule has 1 aromatic carbocycles. The van der Waals surface area contributed by atoms with Crippen molar-refractivity contribution in [1.29, 1.82) is 0 Å². The standard InChI is InChI=1S/C14H17NO3S/c1-10-8-15(13-5-3-2-4-12(10)13)14(16)11-6-7-19(17,18)9-11/h2-5,10-11H,6-9H2,1H3. The van der Waals surface area contributed by atoms with E-state index in [0.29, 0.717) is 18.9 Å². The van der Waals surface area contributed by atoms with Gasteiger partial charge in [0.1, 0.15) is 0 Å². The van der Waals surface area contributed by atoms with Crippen LogP contribution in [0.3, 0.4) is 0 Å². The summed E-state index contributed by atoms with van der Waals surface area (Å²) >= 11 is 0. The first-order chi connectivity index (χ1) is 8.98. The number of rotatable bonds is 1. The molecule has 102 valence electrons. The lowest BCUT2D eigenvalue weighted by atomic mass is 10.0. The molecule has 5 heteroatoms. The van der Waals surface area contributed by atoms with Gasteiger partial charge in [0, 0.05) is 18.2 Å². The molecule has 1 amide bonds. The maximum absolute atomic E-state index is 12.5. The van der Waals surface area contributed by atoms with Gasteiger partial charge in [0.15, 0.2) is 9.84 Å². The number of hydrogen-bond donors (Lipinski definition) is 0. The van der Waals surface area contributed by atoms with Crippen LogP contribution in [0, 0.1) is 5.92 Å². The topological polar surface area (TPSA) is 54.5 Å². The molecule has 0 spiro atoms. The average molecular weight is 279 g/mol. The largest absolute Gasteiger partial charge is 0.311 e. The molecule has 2 aliphatic heterocycles. The van der Waals surface area contributed by atoms with E-state index in [1.165, 1.54) is 5.56 Å². The molecule has 0 bridgehead atoms. The van der Waals surface area contributed by atoms with Crippen molar-refractivity contribution in [3.63, 3.8) is 0 Å². The predicted molar refractivity (Wildman–Crippen MR) is 74.0 cm³/mol. The maximum Gasteiger partial charge on any atom is 0.231 e. The van der Waals surface area contributed by atoms with Crippen molar-refractivity contribution in [2.45, 2.75) is 19.3 Å². The van der Waals surface area contributed by atoms with E-state index in [9.17, 15) is 13.2 Å². The van der Waals surface area contributed by atoms with Gasteiger partial charge in [-0.2, -0.15) is 0 Å². The number of benzene rings is 1. The Morgan fingerprint density at radius 3 is 2.74 bits per heavy atom. The number of anilines is 1. The van der Waals surface area contributed by atoms with Crippen LogP contribution >= 0.6 is 0 Å². The van der Waals surface area contributed by atoms with E-state index in [4.69, 9.17) is 0 Å². The second-order valence-corrected chi connectivity index (χ2v) is 7.74. The summed E-state index contributed by atoms with van der Waals surface area (Å²) in [6.07, 6.45) is 0.466. The molecule has 2 atom stereocenters. The first-order valence-corrected chi connectivity index (χ1v) is 8.41. The van der Waals surface area contributed by atoms with E-state index in [0.717, 1.165) is 5.69 Å². The smallest absolute Gasteiger partial charge is 0.231 e. The number of amides is 1. The molecular formula is C14H17NO3S. The molecule has 0 N–H and O–H groups in total. The number of carbonyl (C=O) groups excluding carboxylic acids is 1. The van der Waals surface area contributed by atoms with Gasteiger partial charge < -0.3 is 4.90 Å². The van der Waals surface area contributed by atoms with E-state index in [2.05, 4.69) is 6.92 Å². The van der Waals surface area contributed by atoms with Crippen LogP contribution < -0.4 is 4.90 Å². The minimum Gasteiger partial charge on any atom is -0.311 e. The molecule has 19 heavy (non-hydrogen) atoms. The monoisotopic (exact) mass is 279 g/mol. The van der Waals surface area contributed by atoms with E-state index < -0.39 is 9.84 Å². The zero-order valence-corrected chi connectivity index (χ0v) is 11.7. The van der Waals surface area contributed by atoms with Crippen molar-refractivity contribution in [1.82, 2.24) is 0 Å². The second-order valence-electron chi connectivity index (χ2n) is 5.51. The highest BCUT2D eigenvalue weighted by Crippen LogP contribution is 2.37. The van der Waals surface area contributed by atoms with Crippen molar-refractivity contribution in [2.24, 2.45) is 5.92 Å². The van der Waals surface area contributed by atoms with E-state index in [-0.39, 0.29) is 23.3 Å². The lowest BCUT2D eigenvalue weighted by Crippen LogP contribution is -2.35. The fraction of sp³-hybridized carbons (Fsp3) is 0.500. The quantitative estimate of drug-likeness (QED) is 0.784. The summed E-state index contributed by atoms with van der Waals surface area (Å²) in [5, 5.41) is 0. The predicted octanol–water partition coefficient (Wildman–Crippen LogP) is 1.57. The maximum atomic E-state index is 12.5. The summed E-state index contributed by atoms with van der Waals surface area (Å²) in [4.78, 5) is 14.3. The van der Waals surface area contributed by atoms with Crippen LogP contribution in [0.5, 0.6) is 0 Å². The van der Waals surface area contributed by atoms with Crippen molar-refractivity contribution in [3.8, 4) is 0 Å². The average Bonchev–Trinajstić information content (AvgIpc) is 2.90. The number of para-hydroxylation sites is 1. The van der Waals surface area contributed by atoms with Gasteiger partial charge >= 0.3 is 0 Å². The molecule has 2 heterocycles. The molecule has 0 aromatic heterocycles. The molecule has 0 saturated carbocycles. The second kappa shape index (κ2) is 4.34. The zero-order valence-electron chi connectivity index (χ0n) is 10.9. The Labute approximate surface area is 113 Å². The summed E-state index contributed by atoms with van der Waals surface area (Å²) in [5.74, 6) is 0.0900. The van der Waals surface area contributed by atoms with Gasteiger partial charge in [-0.05, 0) is 18.1 Å². The Bertz CT molecular complexity index is 623. The van der Waals surface area contributed by atoms with Gasteiger partial charge in [0.25, 0.3) is 0 Å². The first-order valence-electron chi connectivity index (χ1n) is 6.59. The van der Waals surface area contributed by atoms with Gasteiger partial charge in [-0.3, -0.25) is 4.79 Å². The summed E-state index contributed by atoms with van der Waals surface area (Å²) in [7, 11) is -3.01. The van der Waals surface area contributed by atoms with E-state index in [1.807, 2.05) is 24.3 Å². The third kappa shape index (κ3) is 2.16. The fourth-order valence-corrected chi connectivity index (χ4v) is 4.77. The van der Waals surface area contributed by atoms with Crippen LogP contribution in [0.15, 0.2) is 24.3 Å².